The average molecular weight is 178 g/mol. The van der Waals surface area contributed by atoms with Crippen molar-refractivity contribution in [3.05, 3.63) is 24.3 Å². The largest absolute Gasteiger partial charge is 0.261 e. The van der Waals surface area contributed by atoms with Gasteiger partial charge in [0.05, 0.1) is 5.69 Å². The smallest absolute Gasteiger partial charge is 0.0622 e. The third kappa shape index (κ3) is 2.51. The van der Waals surface area contributed by atoms with Gasteiger partial charge in [-0.25, -0.2) is 0 Å². The third-order valence-electron chi connectivity index (χ3n) is 2.36. The van der Waals surface area contributed by atoms with E-state index in [1.54, 1.807) is 12.4 Å². The van der Waals surface area contributed by atoms with Crippen LogP contribution < -0.4 is 0 Å². The zero-order chi connectivity index (χ0) is 9.84. The fraction of sp³-hybridized carbons (Fsp3) is 0.636. The van der Waals surface area contributed by atoms with Gasteiger partial charge in [0.15, 0.2) is 0 Å². The zero-order valence-electron chi connectivity index (χ0n) is 8.86. The first kappa shape index (κ1) is 10.2. The molecule has 0 fully saturated rings. The van der Waals surface area contributed by atoms with Crippen molar-refractivity contribution in [2.24, 2.45) is 11.8 Å². The number of hydrogen-bond acceptors (Lipinski definition) is 2. The second-order valence-corrected chi connectivity index (χ2v) is 4.14. The fourth-order valence-electron chi connectivity index (χ4n) is 1.94. The lowest BCUT2D eigenvalue weighted by atomic mass is 9.83. The molecule has 13 heavy (non-hydrogen) atoms. The minimum absolute atomic E-state index is 0.522. The lowest BCUT2D eigenvalue weighted by Crippen LogP contribution is -2.14. The Morgan fingerprint density at radius 1 is 1.00 bits per heavy atom. The highest BCUT2D eigenvalue weighted by molar-refractivity contribution is 5.05. The van der Waals surface area contributed by atoms with Crippen LogP contribution in [0.4, 0.5) is 0 Å². The van der Waals surface area contributed by atoms with Crippen LogP contribution in [0.1, 0.15) is 39.3 Å². The van der Waals surface area contributed by atoms with E-state index in [-0.39, 0.29) is 0 Å². The quantitative estimate of drug-likeness (QED) is 0.711. The van der Waals surface area contributed by atoms with Gasteiger partial charge in [-0.15, -0.1) is 0 Å². The topological polar surface area (TPSA) is 25.8 Å². The molecule has 0 amide bonds. The van der Waals surface area contributed by atoms with Gasteiger partial charge >= 0.3 is 0 Å². The fourth-order valence-corrected chi connectivity index (χ4v) is 1.94. The van der Waals surface area contributed by atoms with Crippen LogP contribution in [-0.2, 0) is 0 Å². The monoisotopic (exact) mass is 178 g/mol. The summed E-state index contributed by atoms with van der Waals surface area (Å²) in [5.74, 6) is 1.77. The predicted molar refractivity (Wildman–Crippen MR) is 54.4 cm³/mol. The number of hydrogen-bond donors (Lipinski definition) is 0. The van der Waals surface area contributed by atoms with Crippen LogP contribution in [0.5, 0.6) is 0 Å². The molecular formula is C11H18N2. The molecule has 0 unspecified atom stereocenters. The third-order valence-corrected chi connectivity index (χ3v) is 2.36. The van der Waals surface area contributed by atoms with Gasteiger partial charge in [-0.2, -0.15) is 0 Å². The molecule has 1 aromatic rings. The molecule has 0 saturated heterocycles. The van der Waals surface area contributed by atoms with Gasteiger partial charge in [0.1, 0.15) is 0 Å². The molecule has 2 nitrogen and oxygen atoms in total. The van der Waals surface area contributed by atoms with Crippen molar-refractivity contribution in [1.82, 2.24) is 9.97 Å². The van der Waals surface area contributed by atoms with E-state index in [0.717, 1.165) is 5.69 Å². The van der Waals surface area contributed by atoms with E-state index in [2.05, 4.69) is 37.7 Å². The van der Waals surface area contributed by atoms with Crippen molar-refractivity contribution in [3.63, 3.8) is 0 Å². The number of rotatable bonds is 3. The predicted octanol–water partition coefficient (Wildman–Crippen LogP) is 2.87. The highest BCUT2D eigenvalue weighted by atomic mass is 14.8. The van der Waals surface area contributed by atoms with E-state index in [1.165, 1.54) is 0 Å². The first-order chi connectivity index (χ1) is 6.13. The number of aromatic nitrogens is 2. The summed E-state index contributed by atoms with van der Waals surface area (Å²) >= 11 is 0. The molecule has 1 heterocycles. The van der Waals surface area contributed by atoms with Crippen molar-refractivity contribution in [1.29, 1.82) is 0 Å². The Morgan fingerprint density at radius 2 is 1.62 bits per heavy atom. The second kappa shape index (κ2) is 4.35. The highest BCUT2D eigenvalue weighted by Crippen LogP contribution is 2.29. The molecule has 0 aliphatic rings. The summed E-state index contributed by atoms with van der Waals surface area (Å²) in [6.45, 7) is 8.94. The van der Waals surface area contributed by atoms with Crippen LogP contribution >= 0.6 is 0 Å². The maximum atomic E-state index is 4.36. The highest BCUT2D eigenvalue weighted by Gasteiger charge is 2.20. The minimum Gasteiger partial charge on any atom is -0.261 e. The Balaban J connectivity index is 2.89. The normalized spacial score (nSPS) is 11.6. The molecule has 1 rings (SSSR count). The Hall–Kier alpha value is -0.920. The van der Waals surface area contributed by atoms with Crippen molar-refractivity contribution >= 4 is 0 Å². The summed E-state index contributed by atoms with van der Waals surface area (Å²) in [4.78, 5) is 8.47. The molecule has 1 aromatic heterocycles. The van der Waals surface area contributed by atoms with Gasteiger partial charge in [-0.1, -0.05) is 27.7 Å². The van der Waals surface area contributed by atoms with Crippen molar-refractivity contribution in [3.8, 4) is 0 Å². The SMILES string of the molecule is CC(C)C(c1cnccn1)C(C)C. The summed E-state index contributed by atoms with van der Waals surface area (Å²) in [5, 5.41) is 0. The first-order valence-electron chi connectivity index (χ1n) is 4.88. The Kier molecular flexibility index (Phi) is 3.40. The first-order valence-corrected chi connectivity index (χ1v) is 4.88. The van der Waals surface area contributed by atoms with E-state index in [0.29, 0.717) is 17.8 Å². The molecular weight excluding hydrogens is 160 g/mol. The maximum absolute atomic E-state index is 4.36. The van der Waals surface area contributed by atoms with Crippen molar-refractivity contribution in [2.45, 2.75) is 33.6 Å². The second-order valence-electron chi connectivity index (χ2n) is 4.14. The zero-order valence-corrected chi connectivity index (χ0v) is 8.86. The molecule has 0 aromatic carbocycles. The van der Waals surface area contributed by atoms with E-state index < -0.39 is 0 Å². The molecule has 2 heteroatoms. The summed E-state index contributed by atoms with van der Waals surface area (Å²) in [6.07, 6.45) is 5.37. The van der Waals surface area contributed by atoms with Gasteiger partial charge in [-0.05, 0) is 11.8 Å². The molecule has 0 saturated carbocycles. The van der Waals surface area contributed by atoms with E-state index in [9.17, 15) is 0 Å². The Bertz CT molecular complexity index is 234. The molecule has 0 spiro atoms. The van der Waals surface area contributed by atoms with Gasteiger partial charge in [0.25, 0.3) is 0 Å². The molecule has 0 bridgehead atoms. The van der Waals surface area contributed by atoms with Gasteiger partial charge in [0, 0.05) is 24.5 Å². The standard InChI is InChI=1S/C11H18N2/c1-8(2)11(9(3)4)10-7-12-5-6-13-10/h5-9,11H,1-4H3. The van der Waals surface area contributed by atoms with Crippen molar-refractivity contribution in [2.75, 3.05) is 0 Å². The summed E-state index contributed by atoms with van der Waals surface area (Å²) in [6, 6.07) is 0. The number of nitrogens with zero attached hydrogens (tertiary/aromatic N) is 2. The molecule has 0 aliphatic heterocycles. The molecule has 0 N–H and O–H groups in total. The summed E-state index contributed by atoms with van der Waals surface area (Å²) in [5.41, 5.74) is 1.12. The molecule has 72 valence electrons. The van der Waals surface area contributed by atoms with Crippen LogP contribution in [0, 0.1) is 11.8 Å². The lowest BCUT2D eigenvalue weighted by Gasteiger charge is -2.23. The lowest BCUT2D eigenvalue weighted by molar-refractivity contribution is 0.379. The van der Waals surface area contributed by atoms with Crippen LogP contribution in [-0.4, -0.2) is 9.97 Å². The van der Waals surface area contributed by atoms with Gasteiger partial charge in [0.2, 0.25) is 0 Å². The van der Waals surface area contributed by atoms with E-state index >= 15 is 0 Å². The van der Waals surface area contributed by atoms with Crippen LogP contribution in [0.3, 0.4) is 0 Å². The maximum Gasteiger partial charge on any atom is 0.0622 e. The Labute approximate surface area is 80.4 Å². The van der Waals surface area contributed by atoms with Crippen LogP contribution in [0.15, 0.2) is 18.6 Å². The molecule has 0 aliphatic carbocycles. The average Bonchev–Trinajstić information content (AvgIpc) is 2.04. The van der Waals surface area contributed by atoms with Crippen LogP contribution in [0.2, 0.25) is 0 Å². The molecule has 0 radical (unpaired) electrons. The minimum atomic E-state index is 0.522. The van der Waals surface area contributed by atoms with Crippen molar-refractivity contribution < 1.29 is 0 Å². The van der Waals surface area contributed by atoms with Crippen LogP contribution in [0.25, 0.3) is 0 Å². The summed E-state index contributed by atoms with van der Waals surface area (Å²) in [7, 11) is 0. The molecule has 0 atom stereocenters. The van der Waals surface area contributed by atoms with E-state index in [1.807, 2.05) is 6.20 Å². The van der Waals surface area contributed by atoms with E-state index in [4.69, 9.17) is 0 Å². The Morgan fingerprint density at radius 3 is 2.00 bits per heavy atom. The van der Waals surface area contributed by atoms with Gasteiger partial charge in [-0.3, -0.25) is 9.97 Å². The summed E-state index contributed by atoms with van der Waals surface area (Å²) < 4.78 is 0. The van der Waals surface area contributed by atoms with Gasteiger partial charge < -0.3 is 0 Å².